The van der Waals surface area contributed by atoms with Crippen LogP contribution < -0.4 is 5.32 Å². The Labute approximate surface area is 153 Å². The van der Waals surface area contributed by atoms with Gasteiger partial charge in [-0.1, -0.05) is 73.5 Å². The zero-order valence-electron chi connectivity index (χ0n) is 13.9. The van der Waals surface area contributed by atoms with Gasteiger partial charge in [0.2, 0.25) is 0 Å². The van der Waals surface area contributed by atoms with E-state index in [-0.39, 0.29) is 6.04 Å². The fourth-order valence-corrected chi connectivity index (χ4v) is 4.68. The van der Waals surface area contributed by atoms with Crippen molar-refractivity contribution in [1.82, 2.24) is 0 Å². The predicted molar refractivity (Wildman–Crippen MR) is 103 cm³/mol. The van der Waals surface area contributed by atoms with E-state index in [1.165, 1.54) is 16.7 Å². The molecule has 4 rings (SSSR count). The van der Waals surface area contributed by atoms with Gasteiger partial charge in [-0.25, -0.2) is 0 Å². The maximum Gasteiger partial charge on any atom is 0.0553 e. The molecule has 2 aromatic carbocycles. The van der Waals surface area contributed by atoms with Crippen LogP contribution in [0.1, 0.15) is 54.8 Å². The van der Waals surface area contributed by atoms with E-state index in [4.69, 9.17) is 23.2 Å². The first-order chi connectivity index (χ1) is 11.5. The SMILES string of the molecule is CC(C)c1ccc([C@@H]2Nc3cc(Cl)cc(Cl)c3[C@H]3C=CC[C@@H]32)cc1. The average molecular weight is 358 g/mol. The first-order valence-corrected chi connectivity index (χ1v) is 9.32. The van der Waals surface area contributed by atoms with Crippen LogP contribution in [0.5, 0.6) is 0 Å². The Kier molecular flexibility index (Phi) is 4.10. The molecule has 1 nitrogen and oxygen atoms in total. The Morgan fingerprint density at radius 1 is 1.08 bits per heavy atom. The summed E-state index contributed by atoms with van der Waals surface area (Å²) in [5, 5.41) is 5.15. The second-order valence-electron chi connectivity index (χ2n) is 7.15. The number of benzene rings is 2. The molecular formula is C21H21Cl2N. The lowest BCUT2D eigenvalue weighted by atomic mass is 9.77. The Morgan fingerprint density at radius 2 is 1.83 bits per heavy atom. The van der Waals surface area contributed by atoms with Gasteiger partial charge in [0.25, 0.3) is 0 Å². The summed E-state index contributed by atoms with van der Waals surface area (Å²) in [5.74, 6) is 1.42. The Balaban J connectivity index is 1.75. The molecule has 0 saturated heterocycles. The van der Waals surface area contributed by atoms with Crippen LogP contribution in [-0.2, 0) is 0 Å². The third-order valence-corrected chi connectivity index (χ3v) is 5.87. The van der Waals surface area contributed by atoms with Crippen molar-refractivity contribution in [3.8, 4) is 0 Å². The molecule has 2 aromatic rings. The van der Waals surface area contributed by atoms with Crippen LogP contribution in [0, 0.1) is 5.92 Å². The summed E-state index contributed by atoms with van der Waals surface area (Å²) in [4.78, 5) is 0. The molecule has 1 N–H and O–H groups in total. The van der Waals surface area contributed by atoms with Gasteiger partial charge >= 0.3 is 0 Å². The smallest absolute Gasteiger partial charge is 0.0553 e. The molecule has 0 unspecified atom stereocenters. The van der Waals surface area contributed by atoms with Crippen molar-refractivity contribution in [3.05, 3.63) is 75.3 Å². The normalized spacial score (nSPS) is 24.6. The van der Waals surface area contributed by atoms with E-state index in [9.17, 15) is 0 Å². The van der Waals surface area contributed by atoms with Gasteiger partial charge < -0.3 is 5.32 Å². The second-order valence-corrected chi connectivity index (χ2v) is 7.99. The summed E-state index contributed by atoms with van der Waals surface area (Å²) in [5.41, 5.74) is 4.97. The third-order valence-electron chi connectivity index (χ3n) is 5.34. The van der Waals surface area contributed by atoms with Crippen LogP contribution in [0.25, 0.3) is 0 Å². The summed E-state index contributed by atoms with van der Waals surface area (Å²) in [6, 6.07) is 13.2. The lowest BCUT2D eigenvalue weighted by molar-refractivity contribution is 0.425. The Morgan fingerprint density at radius 3 is 2.54 bits per heavy atom. The second kappa shape index (κ2) is 6.13. The molecule has 0 radical (unpaired) electrons. The molecule has 124 valence electrons. The zero-order valence-corrected chi connectivity index (χ0v) is 15.4. The van der Waals surface area contributed by atoms with E-state index in [0.29, 0.717) is 22.8 Å². The summed E-state index contributed by atoms with van der Waals surface area (Å²) in [6.07, 6.45) is 5.67. The maximum absolute atomic E-state index is 6.51. The van der Waals surface area contributed by atoms with Crippen LogP contribution in [0.15, 0.2) is 48.6 Å². The molecule has 0 fully saturated rings. The lowest BCUT2D eigenvalue weighted by Crippen LogP contribution is -2.29. The van der Waals surface area contributed by atoms with Crippen molar-refractivity contribution >= 4 is 28.9 Å². The number of anilines is 1. The molecular weight excluding hydrogens is 337 g/mol. The molecule has 2 aliphatic rings. The van der Waals surface area contributed by atoms with Crippen molar-refractivity contribution in [2.75, 3.05) is 5.32 Å². The number of halogens is 2. The average Bonchev–Trinajstić information content (AvgIpc) is 3.02. The van der Waals surface area contributed by atoms with Crippen LogP contribution in [0.2, 0.25) is 10.0 Å². The molecule has 1 heterocycles. The van der Waals surface area contributed by atoms with E-state index in [2.05, 4.69) is 55.6 Å². The van der Waals surface area contributed by atoms with Crippen LogP contribution >= 0.6 is 23.2 Å². The van der Waals surface area contributed by atoms with Crippen LogP contribution in [0.3, 0.4) is 0 Å². The van der Waals surface area contributed by atoms with Crippen LogP contribution in [-0.4, -0.2) is 0 Å². The third kappa shape index (κ3) is 2.64. The molecule has 0 spiro atoms. The van der Waals surface area contributed by atoms with Gasteiger partial charge in [0.05, 0.1) is 6.04 Å². The van der Waals surface area contributed by atoms with Crippen molar-refractivity contribution in [2.24, 2.45) is 5.92 Å². The standard InChI is InChI=1S/C21H21Cl2N/c1-12(2)13-6-8-14(9-7-13)21-17-5-3-4-16(17)20-18(23)10-15(22)11-19(20)24-21/h3-4,6-12,16-17,21,24H,5H2,1-2H3/t16-,17-,21-/m0/s1. The van der Waals surface area contributed by atoms with Crippen molar-refractivity contribution in [3.63, 3.8) is 0 Å². The number of hydrogen-bond acceptors (Lipinski definition) is 1. The van der Waals surface area contributed by atoms with Crippen molar-refractivity contribution in [2.45, 2.75) is 38.1 Å². The van der Waals surface area contributed by atoms with Gasteiger partial charge in [0.1, 0.15) is 0 Å². The number of hydrogen-bond donors (Lipinski definition) is 1. The largest absolute Gasteiger partial charge is 0.378 e. The Bertz CT molecular complexity index is 792. The van der Waals surface area contributed by atoms with Crippen LogP contribution in [0.4, 0.5) is 5.69 Å². The minimum Gasteiger partial charge on any atom is -0.378 e. The minimum atomic E-state index is 0.285. The van der Waals surface area contributed by atoms with E-state index >= 15 is 0 Å². The highest BCUT2D eigenvalue weighted by molar-refractivity contribution is 6.35. The highest BCUT2D eigenvalue weighted by atomic mass is 35.5. The first-order valence-electron chi connectivity index (χ1n) is 8.56. The quantitative estimate of drug-likeness (QED) is 0.573. The lowest BCUT2D eigenvalue weighted by Gasteiger charge is -2.38. The number of fused-ring (bicyclic) bond motifs is 3. The van der Waals surface area contributed by atoms with E-state index < -0.39 is 0 Å². The fourth-order valence-electron chi connectivity index (χ4n) is 4.06. The van der Waals surface area contributed by atoms with Gasteiger partial charge in [-0.15, -0.1) is 0 Å². The van der Waals surface area contributed by atoms with Gasteiger partial charge in [-0.2, -0.15) is 0 Å². The summed E-state index contributed by atoms with van der Waals surface area (Å²) >= 11 is 12.7. The molecule has 1 aliphatic carbocycles. The maximum atomic E-state index is 6.51. The van der Waals surface area contributed by atoms with E-state index in [1.54, 1.807) is 0 Å². The van der Waals surface area contributed by atoms with E-state index in [1.807, 2.05) is 12.1 Å². The molecule has 3 atom stereocenters. The van der Waals surface area contributed by atoms with Gasteiger partial charge in [-0.05, 0) is 41.5 Å². The molecule has 0 saturated carbocycles. The number of nitrogens with one attached hydrogen (secondary N) is 1. The molecule has 24 heavy (non-hydrogen) atoms. The number of rotatable bonds is 2. The molecule has 1 aliphatic heterocycles. The predicted octanol–water partition coefficient (Wildman–Crippen LogP) is 6.94. The summed E-state index contributed by atoms with van der Waals surface area (Å²) in [6.45, 7) is 4.45. The Hall–Kier alpha value is -1.44. The van der Waals surface area contributed by atoms with Gasteiger partial charge in [-0.3, -0.25) is 0 Å². The van der Waals surface area contributed by atoms with Gasteiger partial charge in [0, 0.05) is 27.2 Å². The minimum absolute atomic E-state index is 0.285. The summed E-state index contributed by atoms with van der Waals surface area (Å²) < 4.78 is 0. The molecule has 0 aromatic heterocycles. The topological polar surface area (TPSA) is 12.0 Å². The number of allylic oxidation sites excluding steroid dienone is 2. The first kappa shape index (κ1) is 16.1. The highest BCUT2D eigenvalue weighted by Crippen LogP contribution is 2.52. The highest BCUT2D eigenvalue weighted by Gasteiger charge is 2.39. The van der Waals surface area contributed by atoms with Crippen molar-refractivity contribution in [1.29, 1.82) is 0 Å². The van der Waals surface area contributed by atoms with E-state index in [0.717, 1.165) is 17.1 Å². The summed E-state index contributed by atoms with van der Waals surface area (Å²) in [7, 11) is 0. The monoisotopic (exact) mass is 357 g/mol. The van der Waals surface area contributed by atoms with Gasteiger partial charge in [0.15, 0.2) is 0 Å². The molecule has 0 amide bonds. The molecule has 0 bridgehead atoms. The van der Waals surface area contributed by atoms with Crippen molar-refractivity contribution < 1.29 is 0 Å². The zero-order chi connectivity index (χ0) is 16.8. The molecule has 3 heteroatoms. The fraction of sp³-hybridized carbons (Fsp3) is 0.333.